The Balaban J connectivity index is 2.00. The third-order valence-corrected chi connectivity index (χ3v) is 3.49. The van der Waals surface area contributed by atoms with Crippen LogP contribution in [0.4, 0.5) is 4.79 Å². The van der Waals surface area contributed by atoms with Gasteiger partial charge in [-0.2, -0.15) is 0 Å². The van der Waals surface area contributed by atoms with E-state index in [9.17, 15) is 4.79 Å². The second kappa shape index (κ2) is 7.94. The number of rotatable bonds is 5. The van der Waals surface area contributed by atoms with Gasteiger partial charge in [-0.1, -0.05) is 23.2 Å². The van der Waals surface area contributed by atoms with Gasteiger partial charge in [0.2, 0.25) is 0 Å². The average Bonchev–Trinajstić information content (AvgIpc) is 2.56. The van der Waals surface area contributed by atoms with E-state index in [-0.39, 0.29) is 12.3 Å². The summed E-state index contributed by atoms with van der Waals surface area (Å²) in [6, 6.07) is 9.95. The van der Waals surface area contributed by atoms with Gasteiger partial charge in [-0.25, -0.2) is 4.79 Å². The summed E-state index contributed by atoms with van der Waals surface area (Å²) in [4.78, 5) is 11.9. The van der Waals surface area contributed by atoms with Gasteiger partial charge in [-0.3, -0.25) is 0 Å². The first kappa shape index (κ1) is 17.2. The van der Waals surface area contributed by atoms with Crippen LogP contribution >= 0.6 is 23.2 Å². The molecule has 0 radical (unpaired) electrons. The molecule has 0 unspecified atom stereocenters. The molecule has 0 fully saturated rings. The fourth-order valence-electron chi connectivity index (χ4n) is 1.83. The van der Waals surface area contributed by atoms with Crippen LogP contribution in [-0.2, 0) is 6.54 Å². The van der Waals surface area contributed by atoms with E-state index in [1.165, 1.54) is 6.07 Å². The maximum absolute atomic E-state index is 11.9. The maximum Gasteiger partial charge on any atom is 0.412 e. The number of methoxy groups -OCH3 is 2. The molecule has 0 aliphatic heterocycles. The lowest BCUT2D eigenvalue weighted by Crippen LogP contribution is -2.26. The van der Waals surface area contributed by atoms with Gasteiger partial charge < -0.3 is 19.5 Å². The topological polar surface area (TPSA) is 56.8 Å². The molecule has 1 N–H and O–H groups in total. The minimum atomic E-state index is -0.643. The Morgan fingerprint density at radius 3 is 2.30 bits per heavy atom. The highest BCUT2D eigenvalue weighted by atomic mass is 35.5. The van der Waals surface area contributed by atoms with Crippen LogP contribution in [0.1, 0.15) is 5.56 Å². The Morgan fingerprint density at radius 1 is 1.04 bits per heavy atom. The van der Waals surface area contributed by atoms with Gasteiger partial charge in [0.05, 0.1) is 19.2 Å². The van der Waals surface area contributed by atoms with Crippen LogP contribution in [0, 0.1) is 0 Å². The normalized spacial score (nSPS) is 10.1. The van der Waals surface area contributed by atoms with Crippen molar-refractivity contribution in [3.63, 3.8) is 0 Å². The van der Waals surface area contributed by atoms with E-state index in [0.717, 1.165) is 5.56 Å². The molecule has 2 rings (SSSR count). The van der Waals surface area contributed by atoms with Crippen LogP contribution in [0.25, 0.3) is 0 Å². The number of hydrogen-bond acceptors (Lipinski definition) is 4. The van der Waals surface area contributed by atoms with Gasteiger partial charge in [0, 0.05) is 23.7 Å². The van der Waals surface area contributed by atoms with Crippen molar-refractivity contribution >= 4 is 29.3 Å². The molecule has 5 nitrogen and oxygen atoms in total. The standard InChI is InChI=1S/C16H15Cl2NO4/c1-21-12-5-10(6-13(8-12)22-2)9-19-16(20)23-15-7-11(17)3-4-14(15)18/h3-8H,9H2,1-2H3,(H,19,20). The third kappa shape index (κ3) is 4.94. The van der Waals surface area contributed by atoms with Crippen molar-refractivity contribution in [1.29, 1.82) is 0 Å². The number of carbonyl (C=O) groups is 1. The molecule has 0 spiro atoms. The predicted molar refractivity (Wildman–Crippen MR) is 88.9 cm³/mol. The summed E-state index contributed by atoms with van der Waals surface area (Å²) in [5.41, 5.74) is 0.801. The second-order valence-corrected chi connectivity index (χ2v) is 5.38. The van der Waals surface area contributed by atoms with E-state index in [0.29, 0.717) is 21.5 Å². The smallest absolute Gasteiger partial charge is 0.412 e. The molecule has 0 aliphatic rings. The van der Waals surface area contributed by atoms with Crippen LogP contribution in [0.15, 0.2) is 36.4 Å². The summed E-state index contributed by atoms with van der Waals surface area (Å²) in [6.07, 6.45) is -0.643. The molecule has 0 heterocycles. The van der Waals surface area contributed by atoms with Gasteiger partial charge in [0.1, 0.15) is 11.5 Å². The van der Waals surface area contributed by atoms with E-state index >= 15 is 0 Å². The van der Waals surface area contributed by atoms with Crippen molar-refractivity contribution in [3.05, 3.63) is 52.0 Å². The Morgan fingerprint density at radius 2 is 1.70 bits per heavy atom. The highest BCUT2D eigenvalue weighted by molar-refractivity contribution is 6.34. The summed E-state index contributed by atoms with van der Waals surface area (Å²) in [5, 5.41) is 3.35. The molecule has 1 amide bonds. The van der Waals surface area contributed by atoms with E-state index in [2.05, 4.69) is 5.32 Å². The van der Waals surface area contributed by atoms with Crippen molar-refractivity contribution in [2.45, 2.75) is 6.54 Å². The Kier molecular flexibility index (Phi) is 5.96. The van der Waals surface area contributed by atoms with Crippen molar-refractivity contribution < 1.29 is 19.0 Å². The van der Waals surface area contributed by atoms with Crippen molar-refractivity contribution in [3.8, 4) is 17.2 Å². The summed E-state index contributed by atoms with van der Waals surface area (Å²) >= 11 is 11.8. The summed E-state index contributed by atoms with van der Waals surface area (Å²) in [5.74, 6) is 1.46. The zero-order valence-corrected chi connectivity index (χ0v) is 14.1. The van der Waals surface area contributed by atoms with Crippen molar-refractivity contribution in [2.24, 2.45) is 0 Å². The van der Waals surface area contributed by atoms with Crippen molar-refractivity contribution in [1.82, 2.24) is 5.32 Å². The average molecular weight is 356 g/mol. The Hall–Kier alpha value is -2.11. The maximum atomic E-state index is 11.9. The van der Waals surface area contributed by atoms with Gasteiger partial charge >= 0.3 is 6.09 Å². The summed E-state index contributed by atoms with van der Waals surface area (Å²) in [7, 11) is 3.11. The molecule has 2 aromatic carbocycles. The van der Waals surface area contributed by atoms with Gasteiger partial charge in [-0.05, 0) is 29.8 Å². The van der Waals surface area contributed by atoms with Crippen LogP contribution in [0.5, 0.6) is 17.2 Å². The van der Waals surface area contributed by atoms with Gasteiger partial charge in [-0.15, -0.1) is 0 Å². The van der Waals surface area contributed by atoms with Crippen LogP contribution in [-0.4, -0.2) is 20.3 Å². The van der Waals surface area contributed by atoms with Crippen LogP contribution in [0.2, 0.25) is 10.0 Å². The van der Waals surface area contributed by atoms with Gasteiger partial charge in [0.25, 0.3) is 0 Å². The minimum absolute atomic E-state index is 0.194. The SMILES string of the molecule is COc1cc(CNC(=O)Oc2cc(Cl)ccc2Cl)cc(OC)c1. The fourth-order valence-corrected chi connectivity index (χ4v) is 2.15. The Bertz CT molecular complexity index is 684. The largest absolute Gasteiger partial charge is 0.497 e. The lowest BCUT2D eigenvalue weighted by molar-refractivity contribution is 0.200. The monoisotopic (exact) mass is 355 g/mol. The number of halogens is 2. The molecular formula is C16H15Cl2NO4. The zero-order valence-electron chi connectivity index (χ0n) is 12.6. The summed E-state index contributed by atoms with van der Waals surface area (Å²) < 4.78 is 15.5. The molecule has 23 heavy (non-hydrogen) atoms. The molecule has 0 atom stereocenters. The first-order chi connectivity index (χ1) is 11.0. The Labute approximate surface area is 144 Å². The van der Waals surface area contributed by atoms with E-state index in [1.807, 2.05) is 0 Å². The number of amides is 1. The van der Waals surface area contributed by atoms with Gasteiger partial charge in [0.15, 0.2) is 5.75 Å². The molecule has 0 saturated carbocycles. The highest BCUT2D eigenvalue weighted by Crippen LogP contribution is 2.28. The highest BCUT2D eigenvalue weighted by Gasteiger charge is 2.09. The molecular weight excluding hydrogens is 341 g/mol. The lowest BCUT2D eigenvalue weighted by Gasteiger charge is -2.10. The molecule has 0 aliphatic carbocycles. The molecule has 2 aromatic rings. The second-order valence-electron chi connectivity index (χ2n) is 4.54. The predicted octanol–water partition coefficient (Wildman–Crippen LogP) is 4.30. The number of benzene rings is 2. The molecule has 7 heteroatoms. The zero-order chi connectivity index (χ0) is 16.8. The molecule has 0 aromatic heterocycles. The fraction of sp³-hybridized carbons (Fsp3) is 0.188. The lowest BCUT2D eigenvalue weighted by atomic mass is 10.2. The minimum Gasteiger partial charge on any atom is -0.497 e. The number of hydrogen-bond donors (Lipinski definition) is 1. The van der Waals surface area contributed by atoms with E-state index in [4.69, 9.17) is 37.4 Å². The van der Waals surface area contributed by atoms with Crippen molar-refractivity contribution in [2.75, 3.05) is 14.2 Å². The molecule has 0 saturated heterocycles. The third-order valence-electron chi connectivity index (χ3n) is 2.94. The van der Waals surface area contributed by atoms with Crippen LogP contribution < -0.4 is 19.5 Å². The number of ether oxygens (including phenoxy) is 3. The first-order valence-corrected chi connectivity index (χ1v) is 7.40. The molecule has 0 bridgehead atoms. The number of nitrogens with one attached hydrogen (secondary N) is 1. The first-order valence-electron chi connectivity index (χ1n) is 6.64. The van der Waals surface area contributed by atoms with E-state index < -0.39 is 6.09 Å². The van der Waals surface area contributed by atoms with Crippen LogP contribution in [0.3, 0.4) is 0 Å². The quantitative estimate of drug-likeness (QED) is 0.868. The van der Waals surface area contributed by atoms with E-state index in [1.54, 1.807) is 44.6 Å². The molecule has 122 valence electrons. The summed E-state index contributed by atoms with van der Waals surface area (Å²) in [6.45, 7) is 0.241. The number of carbonyl (C=O) groups excluding carboxylic acids is 1.